The summed E-state index contributed by atoms with van der Waals surface area (Å²) in [4.78, 5) is 12.1. The topological polar surface area (TPSA) is 67.2 Å². The highest BCUT2D eigenvalue weighted by molar-refractivity contribution is 5.76. The lowest BCUT2D eigenvalue weighted by Crippen LogP contribution is -2.23. The molecule has 0 saturated heterocycles. The van der Waals surface area contributed by atoms with Crippen molar-refractivity contribution in [1.82, 2.24) is 15.1 Å². The Kier molecular flexibility index (Phi) is 5.59. The van der Waals surface area contributed by atoms with Crippen LogP contribution < -0.4 is 5.32 Å². The highest BCUT2D eigenvalue weighted by atomic mass is 16.3. The third-order valence-electron chi connectivity index (χ3n) is 4.06. The van der Waals surface area contributed by atoms with E-state index in [1.165, 1.54) is 0 Å². The quantitative estimate of drug-likeness (QED) is 0.697. The van der Waals surface area contributed by atoms with E-state index in [4.69, 9.17) is 0 Å². The molecule has 0 spiro atoms. The van der Waals surface area contributed by atoms with E-state index in [1.54, 1.807) is 6.20 Å². The molecule has 0 aliphatic rings. The van der Waals surface area contributed by atoms with E-state index >= 15 is 0 Å². The van der Waals surface area contributed by atoms with E-state index in [0.29, 0.717) is 19.4 Å². The summed E-state index contributed by atoms with van der Waals surface area (Å²) >= 11 is 0. The van der Waals surface area contributed by atoms with Crippen LogP contribution in [-0.2, 0) is 24.4 Å². The number of rotatable bonds is 7. The van der Waals surface area contributed by atoms with E-state index in [-0.39, 0.29) is 12.5 Å². The number of nitrogens with one attached hydrogen (secondary N) is 1. The number of carbonyl (C=O) groups is 1. The Morgan fingerprint density at radius 1 is 1.04 bits per heavy atom. The first-order chi connectivity index (χ1) is 12.3. The molecule has 0 atom stereocenters. The Morgan fingerprint density at radius 3 is 2.52 bits per heavy atom. The number of aromatic nitrogens is 2. The number of para-hydroxylation sites is 1. The van der Waals surface area contributed by atoms with Gasteiger partial charge in [-0.25, -0.2) is 4.68 Å². The third-order valence-corrected chi connectivity index (χ3v) is 4.06. The van der Waals surface area contributed by atoms with Crippen molar-refractivity contribution in [2.75, 3.05) is 0 Å². The van der Waals surface area contributed by atoms with Gasteiger partial charge in [-0.2, -0.15) is 5.10 Å². The lowest BCUT2D eigenvalue weighted by molar-refractivity contribution is -0.121. The summed E-state index contributed by atoms with van der Waals surface area (Å²) < 4.78 is 1.81. The summed E-state index contributed by atoms with van der Waals surface area (Å²) in [6.45, 7) is 0.406. The van der Waals surface area contributed by atoms with E-state index in [1.807, 2.05) is 65.5 Å². The van der Waals surface area contributed by atoms with Gasteiger partial charge in [-0.3, -0.25) is 4.79 Å². The van der Waals surface area contributed by atoms with Gasteiger partial charge in [-0.05, 0) is 35.2 Å². The zero-order valence-corrected chi connectivity index (χ0v) is 13.9. The van der Waals surface area contributed by atoms with Crippen molar-refractivity contribution in [3.8, 4) is 5.69 Å². The van der Waals surface area contributed by atoms with Crippen molar-refractivity contribution >= 4 is 5.91 Å². The van der Waals surface area contributed by atoms with Gasteiger partial charge in [0.2, 0.25) is 5.91 Å². The maximum absolute atomic E-state index is 12.1. The number of hydrogen-bond acceptors (Lipinski definition) is 3. The van der Waals surface area contributed by atoms with Crippen LogP contribution in [0.2, 0.25) is 0 Å². The summed E-state index contributed by atoms with van der Waals surface area (Å²) in [5.41, 5.74) is 3.80. The fourth-order valence-electron chi connectivity index (χ4n) is 2.64. The lowest BCUT2D eigenvalue weighted by atomic mass is 10.1. The van der Waals surface area contributed by atoms with Gasteiger partial charge in [-0.15, -0.1) is 0 Å². The van der Waals surface area contributed by atoms with Crippen molar-refractivity contribution in [2.45, 2.75) is 26.0 Å². The average Bonchev–Trinajstić information content (AvgIpc) is 3.14. The molecule has 0 aliphatic heterocycles. The maximum atomic E-state index is 12.1. The van der Waals surface area contributed by atoms with Crippen molar-refractivity contribution in [1.29, 1.82) is 0 Å². The number of benzene rings is 2. The standard InChI is InChI=1S/C20H21N3O2/c24-15-18-7-5-4-6-17(18)13-21-20(25)11-10-16-12-22-23(14-16)19-8-2-1-3-9-19/h1-9,12,14,24H,10-11,13,15H2,(H,21,25). The van der Waals surface area contributed by atoms with E-state index in [9.17, 15) is 9.90 Å². The Labute approximate surface area is 146 Å². The Bertz CT molecular complexity index is 828. The minimum Gasteiger partial charge on any atom is -0.392 e. The summed E-state index contributed by atoms with van der Waals surface area (Å²) in [5.74, 6) is -0.0137. The largest absolute Gasteiger partial charge is 0.392 e. The van der Waals surface area contributed by atoms with Gasteiger partial charge >= 0.3 is 0 Å². The molecule has 2 aromatic carbocycles. The predicted octanol–water partition coefficient (Wildman–Crippen LogP) is 2.61. The van der Waals surface area contributed by atoms with E-state index in [2.05, 4.69) is 10.4 Å². The van der Waals surface area contributed by atoms with E-state index < -0.39 is 0 Å². The molecule has 1 amide bonds. The molecule has 0 saturated carbocycles. The Hall–Kier alpha value is -2.92. The molecule has 2 N–H and O–H groups in total. The number of aryl methyl sites for hydroxylation is 1. The van der Waals surface area contributed by atoms with Crippen LogP contribution in [0.5, 0.6) is 0 Å². The molecule has 1 heterocycles. The monoisotopic (exact) mass is 335 g/mol. The van der Waals surface area contributed by atoms with Crippen molar-refractivity contribution in [2.24, 2.45) is 0 Å². The van der Waals surface area contributed by atoms with Crippen LogP contribution in [0, 0.1) is 0 Å². The number of hydrogen-bond donors (Lipinski definition) is 2. The van der Waals surface area contributed by atoms with Gasteiger partial charge < -0.3 is 10.4 Å². The molecule has 128 valence electrons. The van der Waals surface area contributed by atoms with Gasteiger partial charge in [0, 0.05) is 19.2 Å². The second-order valence-electron chi connectivity index (χ2n) is 5.83. The first-order valence-electron chi connectivity index (χ1n) is 8.29. The molecule has 0 aliphatic carbocycles. The van der Waals surface area contributed by atoms with Crippen molar-refractivity contribution in [3.63, 3.8) is 0 Å². The van der Waals surface area contributed by atoms with Gasteiger partial charge in [0.15, 0.2) is 0 Å². The molecule has 3 aromatic rings. The molecular weight excluding hydrogens is 314 g/mol. The number of nitrogens with zero attached hydrogens (tertiary/aromatic N) is 2. The Morgan fingerprint density at radius 2 is 1.76 bits per heavy atom. The van der Waals surface area contributed by atoms with Crippen LogP contribution in [0.25, 0.3) is 5.69 Å². The molecular formula is C20H21N3O2. The lowest BCUT2D eigenvalue weighted by Gasteiger charge is -2.08. The van der Waals surface area contributed by atoms with Crippen LogP contribution in [0.4, 0.5) is 0 Å². The molecule has 25 heavy (non-hydrogen) atoms. The van der Waals surface area contributed by atoms with Gasteiger partial charge in [-0.1, -0.05) is 42.5 Å². The summed E-state index contributed by atoms with van der Waals surface area (Å²) in [6.07, 6.45) is 4.78. The first-order valence-corrected chi connectivity index (χ1v) is 8.29. The fraction of sp³-hybridized carbons (Fsp3) is 0.200. The second kappa shape index (κ2) is 8.26. The minimum atomic E-state index is -0.0231. The average molecular weight is 335 g/mol. The first kappa shape index (κ1) is 16.9. The minimum absolute atomic E-state index is 0.0137. The summed E-state index contributed by atoms with van der Waals surface area (Å²) in [6, 6.07) is 17.4. The van der Waals surface area contributed by atoms with Crippen molar-refractivity contribution < 1.29 is 9.90 Å². The zero-order valence-electron chi connectivity index (χ0n) is 13.9. The highest BCUT2D eigenvalue weighted by Gasteiger charge is 2.07. The molecule has 0 bridgehead atoms. The molecule has 0 fully saturated rings. The molecule has 3 rings (SSSR count). The molecule has 0 radical (unpaired) electrons. The number of aliphatic hydroxyl groups is 1. The third kappa shape index (κ3) is 4.55. The molecule has 5 heteroatoms. The van der Waals surface area contributed by atoms with E-state index in [0.717, 1.165) is 22.4 Å². The van der Waals surface area contributed by atoms with Crippen molar-refractivity contribution in [3.05, 3.63) is 83.7 Å². The highest BCUT2D eigenvalue weighted by Crippen LogP contribution is 2.10. The van der Waals surface area contributed by atoms with Gasteiger partial charge in [0.25, 0.3) is 0 Å². The fourth-order valence-corrected chi connectivity index (χ4v) is 2.64. The SMILES string of the molecule is O=C(CCc1cnn(-c2ccccc2)c1)NCc1ccccc1CO. The summed E-state index contributed by atoms with van der Waals surface area (Å²) in [7, 11) is 0. The van der Waals surface area contributed by atoms with Gasteiger partial charge in [0.1, 0.15) is 0 Å². The number of amides is 1. The predicted molar refractivity (Wildman–Crippen MR) is 96.1 cm³/mol. The van der Waals surface area contributed by atoms with Crippen LogP contribution in [0.3, 0.4) is 0 Å². The number of aliphatic hydroxyl groups excluding tert-OH is 1. The maximum Gasteiger partial charge on any atom is 0.220 e. The Balaban J connectivity index is 1.50. The molecule has 5 nitrogen and oxygen atoms in total. The van der Waals surface area contributed by atoms with Crippen LogP contribution >= 0.6 is 0 Å². The normalized spacial score (nSPS) is 10.6. The second-order valence-corrected chi connectivity index (χ2v) is 5.83. The zero-order chi connectivity index (χ0) is 17.5. The molecule has 0 unspecified atom stereocenters. The van der Waals surface area contributed by atoms with Crippen LogP contribution in [0.15, 0.2) is 67.0 Å². The molecule has 1 aromatic heterocycles. The summed E-state index contributed by atoms with van der Waals surface area (Å²) in [5, 5.41) is 16.6. The van der Waals surface area contributed by atoms with Gasteiger partial charge in [0.05, 0.1) is 18.5 Å². The van der Waals surface area contributed by atoms with Crippen LogP contribution in [0.1, 0.15) is 23.1 Å². The van der Waals surface area contributed by atoms with Crippen LogP contribution in [-0.4, -0.2) is 20.8 Å². The number of carbonyl (C=O) groups excluding carboxylic acids is 1. The smallest absolute Gasteiger partial charge is 0.220 e.